The molecule has 1 aliphatic heterocycles. The van der Waals surface area contributed by atoms with Crippen LogP contribution >= 0.6 is 0 Å². The van der Waals surface area contributed by atoms with Crippen molar-refractivity contribution in [1.29, 1.82) is 0 Å². The van der Waals surface area contributed by atoms with E-state index in [9.17, 15) is 4.79 Å². The molecule has 2 heteroatoms. The Kier molecular flexibility index (Phi) is 1.78. The Bertz CT molecular complexity index is 200. The van der Waals surface area contributed by atoms with E-state index in [2.05, 4.69) is 6.58 Å². The summed E-state index contributed by atoms with van der Waals surface area (Å²) in [7, 11) is 0. The van der Waals surface area contributed by atoms with Gasteiger partial charge < -0.3 is 4.90 Å². The molecule has 0 saturated carbocycles. The molecule has 1 aliphatic rings. The number of nitrogens with zero attached hydrogens (tertiary/aromatic N) is 1. The number of hydrogen-bond acceptors (Lipinski definition) is 1. The van der Waals surface area contributed by atoms with Crippen LogP contribution in [0.5, 0.6) is 0 Å². The van der Waals surface area contributed by atoms with Crippen LogP contribution in [0.4, 0.5) is 0 Å². The molecule has 1 amide bonds. The highest BCUT2D eigenvalue weighted by Gasteiger charge is 2.31. The number of hydrogen-bond donors (Lipinski definition) is 0. The first-order valence-corrected chi connectivity index (χ1v) is 3.88. The first-order valence-electron chi connectivity index (χ1n) is 3.88. The molecule has 0 aliphatic carbocycles. The Morgan fingerprint density at radius 3 is 2.18 bits per heavy atom. The van der Waals surface area contributed by atoms with Crippen LogP contribution in [0.1, 0.15) is 27.2 Å². The second-order valence-corrected chi connectivity index (χ2v) is 4.08. The molecule has 11 heavy (non-hydrogen) atoms. The highest BCUT2D eigenvalue weighted by atomic mass is 16.2. The third-order valence-electron chi connectivity index (χ3n) is 1.89. The highest BCUT2D eigenvalue weighted by molar-refractivity contribution is 5.82. The van der Waals surface area contributed by atoms with Gasteiger partial charge in [-0.25, -0.2) is 0 Å². The Balaban J connectivity index is 2.76. The summed E-state index contributed by atoms with van der Waals surface area (Å²) in [5, 5.41) is 0. The van der Waals surface area contributed by atoms with E-state index in [1.165, 1.54) is 0 Å². The van der Waals surface area contributed by atoms with E-state index in [1.54, 1.807) is 0 Å². The van der Waals surface area contributed by atoms with Crippen molar-refractivity contribution in [2.75, 3.05) is 6.54 Å². The Hall–Kier alpha value is -0.790. The van der Waals surface area contributed by atoms with E-state index >= 15 is 0 Å². The van der Waals surface area contributed by atoms with Crippen molar-refractivity contribution in [1.82, 2.24) is 4.90 Å². The second-order valence-electron chi connectivity index (χ2n) is 4.08. The number of amides is 1. The van der Waals surface area contributed by atoms with Gasteiger partial charge in [-0.2, -0.15) is 0 Å². The Morgan fingerprint density at radius 2 is 2.00 bits per heavy atom. The molecule has 0 bridgehead atoms. The minimum atomic E-state index is -0.0451. The van der Waals surface area contributed by atoms with Crippen molar-refractivity contribution in [3.63, 3.8) is 0 Å². The summed E-state index contributed by atoms with van der Waals surface area (Å²) in [6.45, 7) is 10.7. The molecule has 0 unspecified atom stereocenters. The van der Waals surface area contributed by atoms with E-state index in [-0.39, 0.29) is 11.4 Å². The molecule has 0 atom stereocenters. The SMILES string of the molecule is C=C1CC(=O)N(C(C)(C)C)C1. The molecule has 0 aromatic carbocycles. The molecular weight excluding hydrogens is 138 g/mol. The normalized spacial score (nSPS) is 19.7. The molecule has 1 saturated heterocycles. The molecule has 62 valence electrons. The van der Waals surface area contributed by atoms with Gasteiger partial charge in [0.25, 0.3) is 0 Å². The fourth-order valence-electron chi connectivity index (χ4n) is 1.29. The fourth-order valence-corrected chi connectivity index (χ4v) is 1.29. The summed E-state index contributed by atoms with van der Waals surface area (Å²) < 4.78 is 0. The van der Waals surface area contributed by atoms with Gasteiger partial charge in [0.2, 0.25) is 5.91 Å². The maximum atomic E-state index is 11.3. The van der Waals surface area contributed by atoms with Gasteiger partial charge in [-0.05, 0) is 26.3 Å². The number of rotatable bonds is 0. The van der Waals surface area contributed by atoms with Crippen molar-refractivity contribution in [3.05, 3.63) is 12.2 Å². The number of carbonyl (C=O) groups excluding carboxylic acids is 1. The minimum absolute atomic E-state index is 0.0451. The topological polar surface area (TPSA) is 20.3 Å². The van der Waals surface area contributed by atoms with Gasteiger partial charge in [-0.3, -0.25) is 4.79 Å². The van der Waals surface area contributed by atoms with Crippen LogP contribution in [0.15, 0.2) is 12.2 Å². The lowest BCUT2D eigenvalue weighted by molar-refractivity contribution is -0.131. The van der Waals surface area contributed by atoms with Crippen molar-refractivity contribution in [3.8, 4) is 0 Å². The predicted molar refractivity (Wildman–Crippen MR) is 45.2 cm³/mol. The van der Waals surface area contributed by atoms with Gasteiger partial charge in [0.05, 0.1) is 0 Å². The van der Waals surface area contributed by atoms with Crippen LogP contribution in [-0.4, -0.2) is 22.9 Å². The summed E-state index contributed by atoms with van der Waals surface area (Å²) in [4.78, 5) is 13.2. The molecule has 1 fully saturated rings. The van der Waals surface area contributed by atoms with E-state index < -0.39 is 0 Å². The summed E-state index contributed by atoms with van der Waals surface area (Å²) in [5.74, 6) is 0.211. The molecule has 1 rings (SSSR count). The molecule has 0 N–H and O–H groups in total. The van der Waals surface area contributed by atoms with Crippen LogP contribution in [-0.2, 0) is 4.79 Å². The Morgan fingerprint density at radius 1 is 1.45 bits per heavy atom. The highest BCUT2D eigenvalue weighted by Crippen LogP contribution is 2.23. The van der Waals surface area contributed by atoms with E-state index in [1.807, 2.05) is 25.7 Å². The second kappa shape index (κ2) is 2.36. The maximum absolute atomic E-state index is 11.3. The van der Waals surface area contributed by atoms with Gasteiger partial charge in [0.15, 0.2) is 0 Å². The van der Waals surface area contributed by atoms with E-state index in [0.717, 1.165) is 12.1 Å². The average molecular weight is 153 g/mol. The van der Waals surface area contributed by atoms with Gasteiger partial charge >= 0.3 is 0 Å². The quantitative estimate of drug-likeness (QED) is 0.484. The number of carbonyl (C=O) groups is 1. The molecule has 0 aromatic heterocycles. The first-order chi connectivity index (χ1) is 4.91. The average Bonchev–Trinajstić information content (AvgIpc) is 2.08. The predicted octanol–water partition coefficient (Wildman–Crippen LogP) is 1.57. The minimum Gasteiger partial charge on any atom is -0.334 e. The van der Waals surface area contributed by atoms with Gasteiger partial charge in [-0.15, -0.1) is 0 Å². The van der Waals surface area contributed by atoms with Crippen LogP contribution < -0.4 is 0 Å². The van der Waals surface area contributed by atoms with Crippen LogP contribution in [0.2, 0.25) is 0 Å². The molecular formula is C9H15NO. The van der Waals surface area contributed by atoms with Crippen LogP contribution in [0.25, 0.3) is 0 Å². The van der Waals surface area contributed by atoms with Gasteiger partial charge in [0.1, 0.15) is 0 Å². The lowest BCUT2D eigenvalue weighted by atomic mass is 10.1. The summed E-state index contributed by atoms with van der Waals surface area (Å²) in [6.07, 6.45) is 0.539. The zero-order valence-corrected chi connectivity index (χ0v) is 7.48. The monoisotopic (exact) mass is 153 g/mol. The van der Waals surface area contributed by atoms with Crippen molar-refractivity contribution in [2.24, 2.45) is 0 Å². The summed E-state index contributed by atoms with van der Waals surface area (Å²) >= 11 is 0. The van der Waals surface area contributed by atoms with E-state index in [0.29, 0.717) is 6.42 Å². The van der Waals surface area contributed by atoms with Crippen molar-refractivity contribution >= 4 is 5.91 Å². The first kappa shape index (κ1) is 8.31. The lowest BCUT2D eigenvalue weighted by Gasteiger charge is -2.31. The zero-order chi connectivity index (χ0) is 8.65. The molecule has 1 heterocycles. The Labute approximate surface area is 67.9 Å². The van der Waals surface area contributed by atoms with Crippen LogP contribution in [0, 0.1) is 0 Å². The molecule has 0 aromatic rings. The van der Waals surface area contributed by atoms with Crippen molar-refractivity contribution in [2.45, 2.75) is 32.7 Å². The smallest absolute Gasteiger partial charge is 0.227 e. The molecule has 2 nitrogen and oxygen atoms in total. The van der Waals surface area contributed by atoms with Gasteiger partial charge in [-0.1, -0.05) is 6.58 Å². The van der Waals surface area contributed by atoms with Crippen molar-refractivity contribution < 1.29 is 4.79 Å². The third kappa shape index (κ3) is 1.62. The van der Waals surface area contributed by atoms with Crippen LogP contribution in [0.3, 0.4) is 0 Å². The third-order valence-corrected chi connectivity index (χ3v) is 1.89. The fraction of sp³-hybridized carbons (Fsp3) is 0.667. The molecule has 0 radical (unpaired) electrons. The summed E-state index contributed by atoms with van der Waals surface area (Å²) in [5.41, 5.74) is 0.987. The van der Waals surface area contributed by atoms with E-state index in [4.69, 9.17) is 0 Å². The lowest BCUT2D eigenvalue weighted by Crippen LogP contribution is -2.41. The zero-order valence-electron chi connectivity index (χ0n) is 7.48. The maximum Gasteiger partial charge on any atom is 0.227 e. The van der Waals surface area contributed by atoms with Gasteiger partial charge in [0, 0.05) is 18.5 Å². The number of likely N-dealkylation sites (tertiary alicyclic amines) is 1. The summed E-state index contributed by atoms with van der Waals surface area (Å²) in [6, 6.07) is 0. The molecule has 0 spiro atoms. The standard InChI is InChI=1S/C9H15NO/c1-7-5-8(11)10(6-7)9(2,3)4/h1,5-6H2,2-4H3. The largest absolute Gasteiger partial charge is 0.334 e.